The van der Waals surface area contributed by atoms with Crippen molar-refractivity contribution in [2.24, 2.45) is 0 Å². The zero-order valence-electron chi connectivity index (χ0n) is 20.3. The topological polar surface area (TPSA) is 143 Å². The maximum Gasteiger partial charge on any atom is 0.245 e. The van der Waals surface area contributed by atoms with E-state index in [-0.39, 0.29) is 43.2 Å². The van der Waals surface area contributed by atoms with Gasteiger partial charge >= 0.3 is 0 Å². The summed E-state index contributed by atoms with van der Waals surface area (Å²) in [7, 11) is 0. The minimum absolute atomic E-state index is 0.0933. The zero-order valence-corrected chi connectivity index (χ0v) is 20.3. The van der Waals surface area contributed by atoms with Crippen LogP contribution in [0.5, 0.6) is 0 Å². The lowest BCUT2D eigenvalue weighted by Crippen LogP contribution is -2.50. The summed E-state index contributed by atoms with van der Waals surface area (Å²) in [6.07, 6.45) is 6.17. The van der Waals surface area contributed by atoms with Crippen molar-refractivity contribution in [1.82, 2.24) is 16.0 Å². The van der Waals surface area contributed by atoms with Gasteiger partial charge in [-0.1, -0.05) is 31.4 Å². The summed E-state index contributed by atoms with van der Waals surface area (Å²) in [5.74, 6) is -0.922. The molecule has 1 aliphatic heterocycles. The maximum absolute atomic E-state index is 12.5. The van der Waals surface area contributed by atoms with E-state index in [2.05, 4.69) is 21.3 Å². The minimum atomic E-state index is -0.533. The lowest BCUT2D eigenvalue weighted by molar-refractivity contribution is -0.134. The second-order valence-corrected chi connectivity index (χ2v) is 8.43. The van der Waals surface area contributed by atoms with E-state index < -0.39 is 6.04 Å². The van der Waals surface area contributed by atoms with Gasteiger partial charge in [-0.2, -0.15) is 0 Å². The van der Waals surface area contributed by atoms with Crippen molar-refractivity contribution in [2.45, 2.75) is 70.9 Å². The summed E-state index contributed by atoms with van der Waals surface area (Å²) in [5, 5.41) is 11.1. The third-order valence-electron chi connectivity index (χ3n) is 5.72. The van der Waals surface area contributed by atoms with Gasteiger partial charge in [0.15, 0.2) is 0 Å². The van der Waals surface area contributed by atoms with Crippen LogP contribution in [-0.2, 0) is 30.5 Å². The van der Waals surface area contributed by atoms with E-state index in [0.717, 1.165) is 38.4 Å². The predicted molar refractivity (Wildman–Crippen MR) is 131 cm³/mol. The number of benzene rings is 1. The van der Waals surface area contributed by atoms with Crippen LogP contribution < -0.4 is 21.3 Å². The summed E-state index contributed by atoms with van der Waals surface area (Å²) in [6.45, 7) is 3.28. The smallest absolute Gasteiger partial charge is 0.245 e. The molecule has 0 bridgehead atoms. The minimum Gasteiger partial charge on any atom is -0.372 e. The molecule has 1 fully saturated rings. The average molecular weight is 489 g/mol. The molecule has 0 aromatic heterocycles. The number of nitrogens with one attached hydrogen (secondary N) is 4. The van der Waals surface area contributed by atoms with Crippen molar-refractivity contribution in [3.8, 4) is 0 Å². The SMILES string of the molecule is CCOCC(=O)NCCCCCCCC(=O)Nc1cccc(C=O)c1CNC1CCC(=O)NC1=O. The molecule has 1 aliphatic rings. The van der Waals surface area contributed by atoms with Gasteiger partial charge in [-0.15, -0.1) is 0 Å². The highest BCUT2D eigenvalue weighted by Crippen LogP contribution is 2.20. The molecule has 0 radical (unpaired) electrons. The van der Waals surface area contributed by atoms with E-state index >= 15 is 0 Å². The number of carbonyl (C=O) groups is 5. The normalized spacial score (nSPS) is 15.4. The van der Waals surface area contributed by atoms with E-state index in [9.17, 15) is 24.0 Å². The van der Waals surface area contributed by atoms with Gasteiger partial charge in [0.2, 0.25) is 23.6 Å². The molecule has 1 atom stereocenters. The number of hydrogen-bond acceptors (Lipinski definition) is 7. The number of amides is 4. The molecule has 10 heteroatoms. The van der Waals surface area contributed by atoms with E-state index in [1.165, 1.54) is 0 Å². The molecule has 1 aromatic carbocycles. The van der Waals surface area contributed by atoms with E-state index in [4.69, 9.17) is 4.74 Å². The molecule has 0 aliphatic carbocycles. The molecular formula is C25H36N4O6. The number of carbonyl (C=O) groups excluding carboxylic acids is 5. The number of unbranched alkanes of at least 4 members (excludes halogenated alkanes) is 4. The highest BCUT2D eigenvalue weighted by molar-refractivity contribution is 6.00. The van der Waals surface area contributed by atoms with E-state index in [0.29, 0.717) is 42.8 Å². The van der Waals surface area contributed by atoms with Gasteiger partial charge in [-0.25, -0.2) is 0 Å². The van der Waals surface area contributed by atoms with Crippen molar-refractivity contribution >= 4 is 35.6 Å². The number of hydrogen-bond donors (Lipinski definition) is 4. The Morgan fingerprint density at radius 3 is 2.63 bits per heavy atom. The van der Waals surface area contributed by atoms with Crippen molar-refractivity contribution in [2.75, 3.05) is 25.1 Å². The van der Waals surface area contributed by atoms with Crippen LogP contribution in [0.15, 0.2) is 18.2 Å². The molecule has 1 heterocycles. The Hall–Kier alpha value is -3.11. The Labute approximate surface area is 205 Å². The van der Waals surface area contributed by atoms with Gasteiger partial charge in [-0.3, -0.25) is 29.3 Å². The van der Waals surface area contributed by atoms with Crippen LogP contribution in [0.2, 0.25) is 0 Å². The Balaban J connectivity index is 1.72. The molecule has 2 rings (SSSR count). The molecule has 10 nitrogen and oxygen atoms in total. The molecular weight excluding hydrogens is 452 g/mol. The van der Waals surface area contributed by atoms with Crippen LogP contribution in [0, 0.1) is 0 Å². The first-order valence-corrected chi connectivity index (χ1v) is 12.2. The average Bonchev–Trinajstić information content (AvgIpc) is 2.84. The highest BCUT2D eigenvalue weighted by atomic mass is 16.5. The molecule has 4 N–H and O–H groups in total. The number of rotatable bonds is 16. The van der Waals surface area contributed by atoms with E-state index in [1.54, 1.807) is 18.2 Å². The molecule has 0 spiro atoms. The molecule has 1 saturated heterocycles. The second-order valence-electron chi connectivity index (χ2n) is 8.43. The largest absolute Gasteiger partial charge is 0.372 e. The third kappa shape index (κ3) is 10.4. The Morgan fingerprint density at radius 2 is 1.89 bits per heavy atom. The summed E-state index contributed by atoms with van der Waals surface area (Å²) >= 11 is 0. The van der Waals surface area contributed by atoms with Gasteiger partial charge in [0, 0.05) is 43.8 Å². The van der Waals surface area contributed by atoms with Crippen molar-refractivity contribution in [3.05, 3.63) is 29.3 Å². The van der Waals surface area contributed by atoms with Crippen molar-refractivity contribution in [3.63, 3.8) is 0 Å². The number of piperidine rings is 1. The summed E-state index contributed by atoms with van der Waals surface area (Å²) in [6, 6.07) is 4.55. The summed E-state index contributed by atoms with van der Waals surface area (Å²) in [5.41, 5.74) is 1.56. The number of aldehydes is 1. The monoisotopic (exact) mass is 488 g/mol. The zero-order chi connectivity index (χ0) is 25.5. The first-order chi connectivity index (χ1) is 16.9. The quantitative estimate of drug-likeness (QED) is 0.158. The maximum atomic E-state index is 12.5. The van der Waals surface area contributed by atoms with Crippen LogP contribution in [-0.4, -0.2) is 55.7 Å². The number of imide groups is 1. The van der Waals surface area contributed by atoms with Crippen LogP contribution >= 0.6 is 0 Å². The van der Waals surface area contributed by atoms with Crippen molar-refractivity contribution < 1.29 is 28.7 Å². The standard InChI is InChI=1S/C25H36N4O6/c1-2-35-17-24(33)26-14-7-5-3-4-6-11-22(31)28-20-10-8-9-18(16-30)19(20)15-27-21-12-13-23(32)29-25(21)34/h8-10,16,21,27H,2-7,11-15,17H2,1H3,(H,26,33)(H,28,31)(H,29,32,34). The fraction of sp³-hybridized carbons (Fsp3) is 0.560. The second kappa shape index (κ2) is 15.7. The van der Waals surface area contributed by atoms with Crippen LogP contribution in [0.4, 0.5) is 5.69 Å². The predicted octanol–water partition coefficient (Wildman–Crippen LogP) is 1.83. The Kier molecular flexibility index (Phi) is 12.6. The first-order valence-electron chi connectivity index (χ1n) is 12.2. The Morgan fingerprint density at radius 1 is 1.11 bits per heavy atom. The summed E-state index contributed by atoms with van der Waals surface area (Å²) in [4.78, 5) is 58.8. The third-order valence-corrected chi connectivity index (χ3v) is 5.72. The first kappa shape index (κ1) is 28.1. The van der Waals surface area contributed by atoms with Gasteiger partial charge < -0.3 is 20.7 Å². The molecule has 0 saturated carbocycles. The number of ether oxygens (including phenoxy) is 1. The van der Waals surface area contributed by atoms with Gasteiger partial charge in [0.05, 0.1) is 6.04 Å². The van der Waals surface area contributed by atoms with Gasteiger partial charge in [-0.05, 0) is 37.8 Å². The van der Waals surface area contributed by atoms with Gasteiger partial charge in [0.1, 0.15) is 12.9 Å². The van der Waals surface area contributed by atoms with Crippen LogP contribution in [0.1, 0.15) is 74.2 Å². The number of anilines is 1. The molecule has 4 amide bonds. The highest BCUT2D eigenvalue weighted by Gasteiger charge is 2.26. The van der Waals surface area contributed by atoms with Crippen LogP contribution in [0.25, 0.3) is 0 Å². The van der Waals surface area contributed by atoms with E-state index in [1.807, 2.05) is 6.92 Å². The fourth-order valence-corrected chi connectivity index (χ4v) is 3.77. The van der Waals surface area contributed by atoms with Gasteiger partial charge in [0.25, 0.3) is 0 Å². The molecule has 1 unspecified atom stereocenters. The fourth-order valence-electron chi connectivity index (χ4n) is 3.77. The van der Waals surface area contributed by atoms with Crippen LogP contribution in [0.3, 0.4) is 0 Å². The molecule has 192 valence electrons. The summed E-state index contributed by atoms with van der Waals surface area (Å²) < 4.78 is 5.04. The lowest BCUT2D eigenvalue weighted by atomic mass is 10.0. The lowest BCUT2D eigenvalue weighted by Gasteiger charge is -2.23. The molecule has 35 heavy (non-hydrogen) atoms. The van der Waals surface area contributed by atoms with Crippen molar-refractivity contribution in [1.29, 1.82) is 0 Å². The Bertz CT molecular complexity index is 889. The molecule has 1 aromatic rings.